The highest BCUT2D eigenvalue weighted by atomic mass is 35.5. The van der Waals surface area contributed by atoms with Gasteiger partial charge in [-0.25, -0.2) is 8.42 Å². The molecular formula is C12H10ClNO6S-2. The molecule has 0 saturated carbocycles. The number of nitrogens with zero attached hydrogens (tertiary/aromatic N) is 1. The summed E-state index contributed by atoms with van der Waals surface area (Å²) in [6.07, 6.45) is 0.509. The lowest BCUT2D eigenvalue weighted by atomic mass is 10.2. The number of hydrogen-bond donors (Lipinski definition) is 0. The molecule has 2 rings (SSSR count). The maximum absolute atomic E-state index is 12.5. The molecule has 1 unspecified atom stereocenters. The summed E-state index contributed by atoms with van der Waals surface area (Å²) in [5.74, 6) is -3.05. The number of carboxylic acids is 2. The lowest BCUT2D eigenvalue weighted by molar-refractivity contribution is -0.309. The molecular weight excluding hydrogens is 322 g/mol. The lowest BCUT2D eigenvalue weighted by Crippen LogP contribution is -2.46. The first-order chi connectivity index (χ1) is 9.75. The van der Waals surface area contributed by atoms with Gasteiger partial charge in [-0.3, -0.25) is 0 Å². The molecule has 1 heterocycles. The molecule has 1 aliphatic heterocycles. The second-order valence-electron chi connectivity index (χ2n) is 4.53. The van der Waals surface area contributed by atoms with Crippen molar-refractivity contribution in [1.29, 1.82) is 0 Å². The van der Waals surface area contributed by atoms with Gasteiger partial charge in [0.05, 0.1) is 23.0 Å². The van der Waals surface area contributed by atoms with Crippen LogP contribution in [-0.4, -0.2) is 37.2 Å². The molecule has 0 bridgehead atoms. The van der Waals surface area contributed by atoms with E-state index in [-0.39, 0.29) is 23.6 Å². The summed E-state index contributed by atoms with van der Waals surface area (Å²) in [6, 6.07) is 1.80. The standard InChI is InChI=1S/C12H12ClNO6S/c13-8-4-3-7(11(15)16)6-10(8)21(19,20)14-5-1-2-9(14)12(17)18/h3-4,6,9H,1-2,5H2,(H,15,16)(H,17,18)/p-2. The largest absolute Gasteiger partial charge is 0.548 e. The van der Waals surface area contributed by atoms with Gasteiger partial charge in [-0.2, -0.15) is 4.31 Å². The van der Waals surface area contributed by atoms with Crippen LogP contribution in [0.2, 0.25) is 5.02 Å². The molecule has 0 N–H and O–H groups in total. The van der Waals surface area contributed by atoms with Crippen LogP contribution in [0.5, 0.6) is 0 Å². The number of hydrogen-bond acceptors (Lipinski definition) is 6. The summed E-state index contributed by atoms with van der Waals surface area (Å²) in [5, 5.41) is 21.6. The van der Waals surface area contributed by atoms with E-state index in [9.17, 15) is 28.2 Å². The third kappa shape index (κ3) is 2.87. The predicted molar refractivity (Wildman–Crippen MR) is 67.7 cm³/mol. The summed E-state index contributed by atoms with van der Waals surface area (Å²) in [4.78, 5) is 21.4. The van der Waals surface area contributed by atoms with E-state index >= 15 is 0 Å². The third-order valence-corrected chi connectivity index (χ3v) is 5.62. The van der Waals surface area contributed by atoms with Gasteiger partial charge in [0, 0.05) is 6.54 Å². The molecule has 0 radical (unpaired) electrons. The molecule has 1 aliphatic rings. The minimum absolute atomic E-state index is 0.00680. The zero-order chi connectivity index (χ0) is 15.8. The first kappa shape index (κ1) is 15.7. The normalized spacial score (nSPS) is 19.6. The van der Waals surface area contributed by atoms with Gasteiger partial charge in [-0.15, -0.1) is 0 Å². The van der Waals surface area contributed by atoms with Crippen LogP contribution < -0.4 is 10.2 Å². The first-order valence-electron chi connectivity index (χ1n) is 5.98. The molecule has 21 heavy (non-hydrogen) atoms. The van der Waals surface area contributed by atoms with Crippen LogP contribution in [0.25, 0.3) is 0 Å². The van der Waals surface area contributed by atoms with Crippen LogP contribution in [-0.2, 0) is 14.8 Å². The predicted octanol–water partition coefficient (Wildman–Crippen LogP) is -1.39. The van der Waals surface area contributed by atoms with Gasteiger partial charge in [0.1, 0.15) is 4.90 Å². The van der Waals surface area contributed by atoms with Crippen molar-refractivity contribution in [3.63, 3.8) is 0 Å². The summed E-state index contributed by atoms with van der Waals surface area (Å²) >= 11 is 5.81. The van der Waals surface area contributed by atoms with E-state index in [0.29, 0.717) is 6.42 Å². The van der Waals surface area contributed by atoms with E-state index in [1.807, 2.05) is 0 Å². The van der Waals surface area contributed by atoms with E-state index in [4.69, 9.17) is 11.6 Å². The van der Waals surface area contributed by atoms with Gasteiger partial charge >= 0.3 is 0 Å². The minimum atomic E-state index is -4.23. The number of aliphatic carboxylic acids is 1. The van der Waals surface area contributed by atoms with Crippen LogP contribution >= 0.6 is 11.6 Å². The van der Waals surface area contributed by atoms with Crippen molar-refractivity contribution in [2.45, 2.75) is 23.8 Å². The van der Waals surface area contributed by atoms with Gasteiger partial charge in [-0.05, 0) is 30.5 Å². The second kappa shape index (κ2) is 5.63. The number of carboxylic acid groups (broad SMARTS) is 2. The van der Waals surface area contributed by atoms with Gasteiger partial charge in [0.2, 0.25) is 10.0 Å². The van der Waals surface area contributed by atoms with Crippen molar-refractivity contribution in [3.8, 4) is 0 Å². The maximum Gasteiger partial charge on any atom is 0.245 e. The fourth-order valence-corrected chi connectivity index (χ4v) is 4.37. The Labute approximate surface area is 125 Å². The number of carbonyl (C=O) groups excluding carboxylic acids is 2. The zero-order valence-electron chi connectivity index (χ0n) is 10.6. The number of aromatic carboxylic acids is 1. The lowest BCUT2D eigenvalue weighted by Gasteiger charge is -2.25. The van der Waals surface area contributed by atoms with Crippen LogP contribution in [0.3, 0.4) is 0 Å². The number of rotatable bonds is 4. The van der Waals surface area contributed by atoms with E-state index in [2.05, 4.69) is 0 Å². The van der Waals surface area contributed by atoms with E-state index in [0.717, 1.165) is 22.5 Å². The van der Waals surface area contributed by atoms with Crippen molar-refractivity contribution in [1.82, 2.24) is 4.31 Å². The van der Waals surface area contributed by atoms with Crippen molar-refractivity contribution < 1.29 is 28.2 Å². The third-order valence-electron chi connectivity index (χ3n) is 3.23. The van der Waals surface area contributed by atoms with Crippen molar-refractivity contribution in [3.05, 3.63) is 28.8 Å². The van der Waals surface area contributed by atoms with Crippen molar-refractivity contribution in [2.75, 3.05) is 6.54 Å². The van der Waals surface area contributed by atoms with E-state index < -0.39 is 32.9 Å². The highest BCUT2D eigenvalue weighted by molar-refractivity contribution is 7.89. The summed E-state index contributed by atoms with van der Waals surface area (Å²) < 4.78 is 25.7. The number of benzene rings is 1. The Morgan fingerprint density at radius 2 is 1.95 bits per heavy atom. The molecule has 9 heteroatoms. The highest BCUT2D eigenvalue weighted by Crippen LogP contribution is 2.30. The Hall–Kier alpha value is -1.64. The Morgan fingerprint density at radius 3 is 2.52 bits per heavy atom. The molecule has 0 amide bonds. The van der Waals surface area contributed by atoms with Gasteiger partial charge in [0.15, 0.2) is 0 Å². The Kier molecular flexibility index (Phi) is 4.22. The van der Waals surface area contributed by atoms with Gasteiger partial charge in [0.25, 0.3) is 0 Å². The Morgan fingerprint density at radius 1 is 1.29 bits per heavy atom. The quantitative estimate of drug-likeness (QED) is 0.670. The molecule has 1 atom stereocenters. The van der Waals surface area contributed by atoms with Gasteiger partial charge in [-0.1, -0.05) is 17.7 Å². The maximum atomic E-state index is 12.5. The van der Waals surface area contributed by atoms with Crippen molar-refractivity contribution in [2.24, 2.45) is 0 Å². The molecule has 1 aromatic rings. The topological polar surface area (TPSA) is 118 Å². The summed E-state index contributed by atoms with van der Waals surface area (Å²) in [7, 11) is -4.23. The van der Waals surface area contributed by atoms with E-state index in [1.165, 1.54) is 0 Å². The van der Waals surface area contributed by atoms with Crippen molar-refractivity contribution >= 4 is 33.6 Å². The van der Waals surface area contributed by atoms with E-state index in [1.54, 1.807) is 0 Å². The average molecular weight is 332 g/mol. The average Bonchev–Trinajstić information content (AvgIpc) is 2.88. The number of sulfonamides is 1. The fourth-order valence-electron chi connectivity index (χ4n) is 2.22. The monoisotopic (exact) mass is 331 g/mol. The molecule has 0 spiro atoms. The Balaban J connectivity index is 2.51. The van der Waals surface area contributed by atoms with Crippen LogP contribution in [0.4, 0.5) is 0 Å². The molecule has 114 valence electrons. The highest BCUT2D eigenvalue weighted by Gasteiger charge is 2.37. The molecule has 7 nitrogen and oxygen atoms in total. The fraction of sp³-hybridized carbons (Fsp3) is 0.333. The molecule has 1 saturated heterocycles. The summed E-state index contributed by atoms with van der Waals surface area (Å²) in [5.41, 5.74) is -0.359. The number of carbonyl (C=O) groups is 2. The van der Waals surface area contributed by atoms with Crippen LogP contribution in [0.15, 0.2) is 23.1 Å². The summed E-state index contributed by atoms with van der Waals surface area (Å²) in [6.45, 7) is 0.00680. The molecule has 0 aromatic heterocycles. The Bertz CT molecular complexity index is 702. The SMILES string of the molecule is O=C([O-])c1ccc(Cl)c(S(=O)(=O)N2CCCC2C(=O)[O-])c1. The zero-order valence-corrected chi connectivity index (χ0v) is 12.2. The smallest absolute Gasteiger partial charge is 0.245 e. The van der Waals surface area contributed by atoms with Crippen LogP contribution in [0, 0.1) is 0 Å². The number of halogens is 1. The second-order valence-corrected chi connectivity index (χ2v) is 6.79. The molecule has 1 aromatic carbocycles. The minimum Gasteiger partial charge on any atom is -0.548 e. The van der Waals surface area contributed by atoms with Crippen LogP contribution in [0.1, 0.15) is 23.2 Å². The van der Waals surface area contributed by atoms with Gasteiger partial charge < -0.3 is 19.8 Å². The molecule has 1 fully saturated rings. The molecule has 0 aliphatic carbocycles. The first-order valence-corrected chi connectivity index (χ1v) is 7.80.